The molecular weight excluding hydrogens is 216 g/mol. The Kier molecular flexibility index (Phi) is 3.64. The summed E-state index contributed by atoms with van der Waals surface area (Å²) in [7, 11) is 0. The maximum Gasteiger partial charge on any atom is 0.221 e. The van der Waals surface area contributed by atoms with E-state index in [9.17, 15) is 4.79 Å². The quantitative estimate of drug-likeness (QED) is 0.825. The number of anilines is 1. The highest BCUT2D eigenvalue weighted by molar-refractivity contribution is 5.78. The topological polar surface area (TPSA) is 64.3 Å². The number of hydrogen-bond acceptors (Lipinski definition) is 3. The molecule has 2 rings (SSSR count). The van der Waals surface area contributed by atoms with E-state index < -0.39 is 0 Å². The maximum atomic E-state index is 11.0. The van der Waals surface area contributed by atoms with Crippen LogP contribution in [0, 0.1) is 0 Å². The second kappa shape index (κ2) is 5.19. The number of nitrogens with two attached hydrogens (primary N) is 1. The van der Waals surface area contributed by atoms with Crippen molar-refractivity contribution in [2.75, 3.05) is 11.9 Å². The monoisotopic (exact) mass is 234 g/mol. The zero-order valence-electron chi connectivity index (χ0n) is 9.98. The number of hydrogen-bond donors (Lipinski definition) is 2. The van der Waals surface area contributed by atoms with Crippen molar-refractivity contribution in [1.29, 1.82) is 0 Å². The van der Waals surface area contributed by atoms with Crippen molar-refractivity contribution in [2.24, 2.45) is 5.73 Å². The van der Waals surface area contributed by atoms with Gasteiger partial charge in [0.15, 0.2) is 0 Å². The first-order chi connectivity index (χ1) is 8.16. The van der Waals surface area contributed by atoms with Gasteiger partial charge in [-0.3, -0.25) is 4.79 Å². The van der Waals surface area contributed by atoms with Gasteiger partial charge in [-0.25, -0.2) is 0 Å². The molecule has 92 valence electrons. The number of carbonyl (C=O) groups excluding carboxylic acids is 1. The van der Waals surface area contributed by atoms with Gasteiger partial charge in [0.2, 0.25) is 5.91 Å². The summed E-state index contributed by atoms with van der Waals surface area (Å²) in [6.07, 6.45) is 1.47. The Morgan fingerprint density at radius 2 is 2.29 bits per heavy atom. The van der Waals surface area contributed by atoms with Crippen molar-refractivity contribution in [3.05, 3.63) is 29.8 Å². The van der Waals surface area contributed by atoms with E-state index >= 15 is 0 Å². The molecule has 0 saturated carbocycles. The van der Waals surface area contributed by atoms with E-state index in [-0.39, 0.29) is 18.4 Å². The molecule has 4 nitrogen and oxygen atoms in total. The number of primary amides is 1. The molecule has 1 aromatic carbocycles. The van der Waals surface area contributed by atoms with Crippen LogP contribution in [0.4, 0.5) is 5.69 Å². The van der Waals surface area contributed by atoms with Gasteiger partial charge in [0.25, 0.3) is 0 Å². The molecule has 1 heterocycles. The highest BCUT2D eigenvalue weighted by Crippen LogP contribution is 2.22. The van der Waals surface area contributed by atoms with Gasteiger partial charge < -0.3 is 15.8 Å². The molecule has 17 heavy (non-hydrogen) atoms. The molecule has 0 aromatic heterocycles. The molecule has 2 unspecified atom stereocenters. The van der Waals surface area contributed by atoms with Crippen LogP contribution in [0.25, 0.3) is 0 Å². The van der Waals surface area contributed by atoms with Crippen LogP contribution >= 0.6 is 0 Å². The minimum atomic E-state index is -0.310. The van der Waals surface area contributed by atoms with Gasteiger partial charge in [-0.2, -0.15) is 0 Å². The number of benzene rings is 1. The van der Waals surface area contributed by atoms with Gasteiger partial charge in [-0.05, 0) is 25.0 Å². The third kappa shape index (κ3) is 2.97. The van der Waals surface area contributed by atoms with E-state index in [0.717, 1.165) is 24.3 Å². The maximum absolute atomic E-state index is 11.0. The van der Waals surface area contributed by atoms with Crippen LogP contribution in [0.15, 0.2) is 24.3 Å². The fourth-order valence-corrected chi connectivity index (χ4v) is 2.12. The van der Waals surface area contributed by atoms with Crippen molar-refractivity contribution in [3.63, 3.8) is 0 Å². The van der Waals surface area contributed by atoms with Crippen LogP contribution in [-0.4, -0.2) is 24.7 Å². The zero-order chi connectivity index (χ0) is 12.3. The lowest BCUT2D eigenvalue weighted by Crippen LogP contribution is -2.27. The lowest BCUT2D eigenvalue weighted by Gasteiger charge is -2.19. The summed E-state index contributed by atoms with van der Waals surface area (Å²) >= 11 is 0. The number of rotatable bonds is 4. The number of nitrogens with one attached hydrogen (secondary N) is 1. The summed E-state index contributed by atoms with van der Waals surface area (Å²) in [4.78, 5) is 11.0. The van der Waals surface area contributed by atoms with Gasteiger partial charge in [0.1, 0.15) is 0 Å². The van der Waals surface area contributed by atoms with Gasteiger partial charge in [0.05, 0.1) is 18.6 Å². The Balaban J connectivity index is 2.11. The lowest BCUT2D eigenvalue weighted by atomic mass is 10.1. The molecule has 1 aromatic rings. The number of carbonyl (C=O) groups is 1. The summed E-state index contributed by atoms with van der Waals surface area (Å²) in [5.74, 6) is -0.310. The fourth-order valence-electron chi connectivity index (χ4n) is 2.12. The SMILES string of the molecule is CC1OCCC1Nc1ccccc1CC(N)=O. The van der Waals surface area contributed by atoms with E-state index in [1.54, 1.807) is 0 Å². The van der Waals surface area contributed by atoms with Crippen LogP contribution in [0.3, 0.4) is 0 Å². The number of para-hydroxylation sites is 1. The van der Waals surface area contributed by atoms with Crippen LogP contribution < -0.4 is 11.1 Å². The Labute approximate surface area is 101 Å². The Hall–Kier alpha value is -1.55. The van der Waals surface area contributed by atoms with Gasteiger partial charge in [-0.15, -0.1) is 0 Å². The Morgan fingerprint density at radius 1 is 1.53 bits per heavy atom. The highest BCUT2D eigenvalue weighted by atomic mass is 16.5. The first kappa shape index (κ1) is 11.9. The largest absolute Gasteiger partial charge is 0.379 e. The van der Waals surface area contributed by atoms with Crippen molar-refractivity contribution < 1.29 is 9.53 Å². The molecule has 1 fully saturated rings. The highest BCUT2D eigenvalue weighted by Gasteiger charge is 2.24. The zero-order valence-corrected chi connectivity index (χ0v) is 9.98. The molecule has 1 aliphatic heterocycles. The Morgan fingerprint density at radius 3 is 2.94 bits per heavy atom. The third-order valence-electron chi connectivity index (χ3n) is 3.10. The summed E-state index contributed by atoms with van der Waals surface area (Å²) < 4.78 is 5.50. The average Bonchev–Trinajstić information content (AvgIpc) is 2.67. The Bertz CT molecular complexity index is 406. The van der Waals surface area contributed by atoms with E-state index in [0.29, 0.717) is 6.04 Å². The van der Waals surface area contributed by atoms with E-state index in [2.05, 4.69) is 12.2 Å². The molecule has 0 bridgehead atoms. The average molecular weight is 234 g/mol. The van der Waals surface area contributed by atoms with Crippen LogP contribution in [-0.2, 0) is 16.0 Å². The second-order valence-electron chi connectivity index (χ2n) is 4.42. The van der Waals surface area contributed by atoms with Crippen molar-refractivity contribution in [2.45, 2.75) is 31.9 Å². The third-order valence-corrected chi connectivity index (χ3v) is 3.10. The van der Waals surface area contributed by atoms with E-state index in [4.69, 9.17) is 10.5 Å². The molecule has 3 N–H and O–H groups in total. The van der Waals surface area contributed by atoms with Gasteiger partial charge in [0, 0.05) is 12.3 Å². The second-order valence-corrected chi connectivity index (χ2v) is 4.42. The molecular formula is C13H18N2O2. The van der Waals surface area contributed by atoms with Crippen molar-refractivity contribution in [3.8, 4) is 0 Å². The molecule has 4 heteroatoms. The van der Waals surface area contributed by atoms with Crippen molar-refractivity contribution >= 4 is 11.6 Å². The van der Waals surface area contributed by atoms with Crippen LogP contribution in [0.5, 0.6) is 0 Å². The summed E-state index contributed by atoms with van der Waals surface area (Å²) in [5, 5.41) is 3.43. The molecule has 1 saturated heterocycles. The fraction of sp³-hybridized carbons (Fsp3) is 0.462. The predicted molar refractivity (Wildman–Crippen MR) is 66.8 cm³/mol. The normalized spacial score (nSPS) is 23.6. The molecule has 1 amide bonds. The predicted octanol–water partition coefficient (Wildman–Crippen LogP) is 1.30. The first-order valence-corrected chi connectivity index (χ1v) is 5.91. The first-order valence-electron chi connectivity index (χ1n) is 5.91. The summed E-state index contributed by atoms with van der Waals surface area (Å²) in [5.41, 5.74) is 7.16. The molecule has 0 aliphatic carbocycles. The van der Waals surface area contributed by atoms with Gasteiger partial charge in [-0.1, -0.05) is 18.2 Å². The van der Waals surface area contributed by atoms with Crippen molar-refractivity contribution in [1.82, 2.24) is 0 Å². The molecule has 0 radical (unpaired) electrons. The standard InChI is InChI=1S/C13H18N2O2/c1-9-11(6-7-17-9)15-12-5-3-2-4-10(12)8-13(14)16/h2-5,9,11,15H,6-8H2,1H3,(H2,14,16). The number of ether oxygens (including phenoxy) is 1. The van der Waals surface area contributed by atoms with E-state index in [1.165, 1.54) is 0 Å². The van der Waals surface area contributed by atoms with Crippen LogP contribution in [0.1, 0.15) is 18.9 Å². The molecule has 1 aliphatic rings. The van der Waals surface area contributed by atoms with E-state index in [1.807, 2.05) is 24.3 Å². The van der Waals surface area contributed by atoms with Gasteiger partial charge >= 0.3 is 0 Å². The minimum Gasteiger partial charge on any atom is -0.379 e. The number of amides is 1. The molecule has 0 spiro atoms. The lowest BCUT2D eigenvalue weighted by molar-refractivity contribution is -0.117. The molecule has 2 atom stereocenters. The summed E-state index contributed by atoms with van der Waals surface area (Å²) in [6.45, 7) is 2.85. The van der Waals surface area contributed by atoms with Crippen LogP contribution in [0.2, 0.25) is 0 Å². The summed E-state index contributed by atoms with van der Waals surface area (Å²) in [6, 6.07) is 8.08. The smallest absolute Gasteiger partial charge is 0.221 e. The minimum absolute atomic E-state index is 0.205.